The fourth-order valence-corrected chi connectivity index (χ4v) is 2.14. The number of hydrogen-bond donors (Lipinski definition) is 1. The van der Waals surface area contributed by atoms with Crippen LogP contribution in [0.3, 0.4) is 0 Å². The Bertz CT molecular complexity index is 386. The van der Waals surface area contributed by atoms with Crippen molar-refractivity contribution in [3.63, 3.8) is 0 Å². The summed E-state index contributed by atoms with van der Waals surface area (Å²) in [6.45, 7) is 0.584. The first-order valence-electron chi connectivity index (χ1n) is 5.12. The summed E-state index contributed by atoms with van der Waals surface area (Å²) in [7, 11) is 1.53. The molecule has 1 heterocycles. The summed E-state index contributed by atoms with van der Waals surface area (Å²) in [5.41, 5.74) is 3.54. The molecule has 1 N–H and O–H groups in total. The lowest BCUT2D eigenvalue weighted by Gasteiger charge is -2.17. The molecule has 0 saturated carbocycles. The average Bonchev–Trinajstić information content (AvgIpc) is 2.42. The third-order valence-corrected chi connectivity index (χ3v) is 2.84. The van der Waals surface area contributed by atoms with E-state index in [0.29, 0.717) is 22.9 Å². The van der Waals surface area contributed by atoms with Crippen LogP contribution in [0.2, 0.25) is 5.02 Å². The van der Waals surface area contributed by atoms with Gasteiger partial charge in [0, 0.05) is 5.56 Å². The van der Waals surface area contributed by atoms with Gasteiger partial charge in [-0.15, -0.1) is 0 Å². The van der Waals surface area contributed by atoms with Gasteiger partial charge in [-0.2, -0.15) is 5.48 Å². The predicted octanol–water partition coefficient (Wildman–Crippen LogP) is 2.84. The molecule has 1 aliphatic rings. The van der Waals surface area contributed by atoms with Gasteiger partial charge in [-0.1, -0.05) is 11.6 Å². The molecule has 88 valence electrons. The summed E-state index contributed by atoms with van der Waals surface area (Å²) in [4.78, 5) is 4.90. The van der Waals surface area contributed by atoms with E-state index >= 15 is 0 Å². The Hall–Kier alpha value is -0.840. The van der Waals surface area contributed by atoms with Crippen molar-refractivity contribution in [2.24, 2.45) is 0 Å². The Balaban J connectivity index is 2.43. The smallest absolute Gasteiger partial charge is 0.142 e. The molecule has 1 aliphatic heterocycles. The molecule has 0 amide bonds. The molecule has 1 aromatic carbocycles. The lowest BCUT2D eigenvalue weighted by atomic mass is 10.0. The Morgan fingerprint density at radius 3 is 3.12 bits per heavy atom. The molecule has 1 unspecified atom stereocenters. The Labute approximate surface area is 98.5 Å². The van der Waals surface area contributed by atoms with Gasteiger partial charge in [0.1, 0.15) is 11.6 Å². The van der Waals surface area contributed by atoms with Crippen molar-refractivity contribution in [2.75, 3.05) is 13.7 Å². The predicted molar refractivity (Wildman–Crippen MR) is 59.0 cm³/mol. The molecule has 0 saturated heterocycles. The number of halogens is 2. The van der Waals surface area contributed by atoms with E-state index in [0.717, 1.165) is 12.8 Å². The van der Waals surface area contributed by atoms with E-state index in [4.69, 9.17) is 21.2 Å². The molecular weight excluding hydrogens is 233 g/mol. The monoisotopic (exact) mass is 245 g/mol. The van der Waals surface area contributed by atoms with Crippen LogP contribution in [0.4, 0.5) is 4.39 Å². The highest BCUT2D eigenvalue weighted by Crippen LogP contribution is 2.37. The first-order valence-corrected chi connectivity index (χ1v) is 5.50. The second kappa shape index (κ2) is 4.99. The van der Waals surface area contributed by atoms with Crippen LogP contribution in [0.1, 0.15) is 24.4 Å². The van der Waals surface area contributed by atoms with Crippen molar-refractivity contribution >= 4 is 11.6 Å². The van der Waals surface area contributed by atoms with Crippen LogP contribution in [0.25, 0.3) is 0 Å². The molecule has 1 atom stereocenters. The van der Waals surface area contributed by atoms with Crippen LogP contribution in [0.5, 0.6) is 5.75 Å². The van der Waals surface area contributed by atoms with Gasteiger partial charge >= 0.3 is 0 Å². The molecule has 16 heavy (non-hydrogen) atoms. The zero-order valence-corrected chi connectivity index (χ0v) is 9.68. The Kier molecular flexibility index (Phi) is 3.63. The standard InChI is InChI=1S/C11H13ClFNO2/c1-15-14-10-3-2-4-16-11-8(10)5-7(13)6-9(11)12/h5-6,10,14H,2-4H2,1H3. The molecule has 0 aliphatic carbocycles. The molecule has 0 radical (unpaired) electrons. The van der Waals surface area contributed by atoms with Crippen LogP contribution in [-0.2, 0) is 4.84 Å². The van der Waals surface area contributed by atoms with Crippen molar-refractivity contribution < 1.29 is 14.0 Å². The van der Waals surface area contributed by atoms with E-state index in [9.17, 15) is 4.39 Å². The molecule has 1 aromatic rings. The summed E-state index contributed by atoms with van der Waals surface area (Å²) >= 11 is 5.95. The van der Waals surface area contributed by atoms with Gasteiger partial charge in [-0.05, 0) is 25.0 Å². The zero-order valence-electron chi connectivity index (χ0n) is 8.93. The van der Waals surface area contributed by atoms with Crippen molar-refractivity contribution in [3.05, 3.63) is 28.5 Å². The van der Waals surface area contributed by atoms with Gasteiger partial charge in [0.05, 0.1) is 24.8 Å². The van der Waals surface area contributed by atoms with E-state index in [1.54, 1.807) is 0 Å². The average molecular weight is 246 g/mol. The fraction of sp³-hybridized carbons (Fsp3) is 0.455. The van der Waals surface area contributed by atoms with E-state index in [-0.39, 0.29) is 11.9 Å². The van der Waals surface area contributed by atoms with E-state index < -0.39 is 0 Å². The third kappa shape index (κ3) is 2.29. The van der Waals surface area contributed by atoms with E-state index in [2.05, 4.69) is 5.48 Å². The minimum absolute atomic E-state index is 0.0873. The van der Waals surface area contributed by atoms with Crippen molar-refractivity contribution in [1.82, 2.24) is 5.48 Å². The van der Waals surface area contributed by atoms with Crippen LogP contribution < -0.4 is 10.2 Å². The summed E-state index contributed by atoms with van der Waals surface area (Å²) in [5, 5.41) is 0.305. The summed E-state index contributed by atoms with van der Waals surface area (Å²) in [6.07, 6.45) is 1.69. The highest BCUT2D eigenvalue weighted by molar-refractivity contribution is 6.32. The zero-order chi connectivity index (χ0) is 11.5. The molecule has 3 nitrogen and oxygen atoms in total. The van der Waals surface area contributed by atoms with Crippen LogP contribution in [-0.4, -0.2) is 13.7 Å². The number of hydrogen-bond acceptors (Lipinski definition) is 3. The van der Waals surface area contributed by atoms with Crippen molar-refractivity contribution in [2.45, 2.75) is 18.9 Å². The highest BCUT2D eigenvalue weighted by atomic mass is 35.5. The molecular formula is C11H13ClFNO2. The number of benzene rings is 1. The molecule has 0 fully saturated rings. The number of ether oxygens (including phenoxy) is 1. The number of rotatable bonds is 2. The van der Waals surface area contributed by atoms with Gasteiger partial charge in [-0.25, -0.2) is 4.39 Å². The van der Waals surface area contributed by atoms with E-state index in [1.165, 1.54) is 19.2 Å². The second-order valence-corrected chi connectivity index (χ2v) is 4.08. The number of nitrogens with one attached hydrogen (secondary N) is 1. The topological polar surface area (TPSA) is 30.5 Å². The second-order valence-electron chi connectivity index (χ2n) is 3.67. The molecule has 0 spiro atoms. The van der Waals surface area contributed by atoms with Crippen LogP contribution >= 0.6 is 11.6 Å². The first kappa shape index (κ1) is 11.6. The van der Waals surface area contributed by atoms with Gasteiger partial charge in [-0.3, -0.25) is 0 Å². The van der Waals surface area contributed by atoms with Gasteiger partial charge in [0.2, 0.25) is 0 Å². The minimum atomic E-state index is -0.364. The molecule has 0 bridgehead atoms. The maximum Gasteiger partial charge on any atom is 0.142 e. The minimum Gasteiger partial charge on any atom is -0.492 e. The number of fused-ring (bicyclic) bond motifs is 1. The summed E-state index contributed by atoms with van der Waals surface area (Å²) < 4.78 is 18.8. The third-order valence-electron chi connectivity index (χ3n) is 2.56. The van der Waals surface area contributed by atoms with Gasteiger partial charge in [0.15, 0.2) is 0 Å². The van der Waals surface area contributed by atoms with Gasteiger partial charge < -0.3 is 9.57 Å². The summed E-state index contributed by atoms with van der Waals surface area (Å²) in [5.74, 6) is 0.187. The SMILES string of the molecule is CONC1CCCOc2c(Cl)cc(F)cc21. The van der Waals surface area contributed by atoms with Crippen molar-refractivity contribution in [1.29, 1.82) is 0 Å². The number of hydroxylamine groups is 1. The van der Waals surface area contributed by atoms with Crippen LogP contribution in [0, 0.1) is 5.82 Å². The first-order chi connectivity index (χ1) is 7.72. The quantitative estimate of drug-likeness (QED) is 0.813. The van der Waals surface area contributed by atoms with Gasteiger partial charge in [0.25, 0.3) is 0 Å². The fourth-order valence-electron chi connectivity index (χ4n) is 1.87. The normalized spacial score (nSPS) is 19.8. The largest absolute Gasteiger partial charge is 0.492 e. The van der Waals surface area contributed by atoms with Crippen molar-refractivity contribution in [3.8, 4) is 5.75 Å². The van der Waals surface area contributed by atoms with E-state index in [1.807, 2.05) is 0 Å². The molecule has 2 rings (SSSR count). The summed E-state index contributed by atoms with van der Waals surface area (Å²) in [6, 6.07) is 2.61. The Morgan fingerprint density at radius 2 is 2.38 bits per heavy atom. The molecule has 5 heteroatoms. The maximum absolute atomic E-state index is 13.3. The highest BCUT2D eigenvalue weighted by Gasteiger charge is 2.22. The lowest BCUT2D eigenvalue weighted by molar-refractivity contribution is 0.0579. The maximum atomic E-state index is 13.3. The molecule has 0 aromatic heterocycles. The van der Waals surface area contributed by atoms with Crippen LogP contribution in [0.15, 0.2) is 12.1 Å². The lowest BCUT2D eigenvalue weighted by Crippen LogP contribution is -2.19. The Morgan fingerprint density at radius 1 is 1.56 bits per heavy atom.